The SMILES string of the molecule is O=C(NC1CCN(CC(=O)N(Cc2ccc(F)cc2)C2CCCCC2)CC1)C1CCCCC1. The van der Waals surface area contributed by atoms with Gasteiger partial charge < -0.3 is 10.2 Å². The average Bonchev–Trinajstić information content (AvgIpc) is 2.86. The van der Waals surface area contributed by atoms with Crippen LogP contribution in [0.1, 0.15) is 82.6 Å². The maximum absolute atomic E-state index is 13.4. The highest BCUT2D eigenvalue weighted by Gasteiger charge is 2.29. The standard InChI is InChI=1S/C27H40FN3O2/c28-23-13-11-21(12-14-23)19-31(25-9-5-2-6-10-25)26(32)20-30-17-15-24(16-18-30)29-27(33)22-7-3-1-4-8-22/h11-14,22,24-25H,1-10,15-20H2,(H,29,33). The molecule has 3 aliphatic rings. The summed E-state index contributed by atoms with van der Waals surface area (Å²) < 4.78 is 13.3. The fourth-order valence-corrected chi connectivity index (χ4v) is 5.80. The molecule has 2 saturated carbocycles. The predicted octanol–water partition coefficient (Wildman–Crippen LogP) is 4.65. The largest absolute Gasteiger partial charge is 0.353 e. The minimum atomic E-state index is -0.243. The maximum Gasteiger partial charge on any atom is 0.237 e. The fraction of sp³-hybridized carbons (Fsp3) is 0.704. The summed E-state index contributed by atoms with van der Waals surface area (Å²) in [5.74, 6) is 0.379. The van der Waals surface area contributed by atoms with Crippen molar-refractivity contribution in [3.05, 3.63) is 35.6 Å². The first-order chi connectivity index (χ1) is 16.1. The number of hydrogen-bond donors (Lipinski definition) is 1. The number of halogens is 1. The number of benzene rings is 1. The van der Waals surface area contributed by atoms with E-state index in [0.717, 1.165) is 57.2 Å². The number of rotatable bonds is 7. The number of carbonyl (C=O) groups is 2. The molecule has 0 bridgehead atoms. The lowest BCUT2D eigenvalue weighted by molar-refractivity contribution is -0.136. The number of likely N-dealkylation sites (tertiary alicyclic amines) is 1. The minimum Gasteiger partial charge on any atom is -0.353 e. The summed E-state index contributed by atoms with van der Waals surface area (Å²) in [4.78, 5) is 30.3. The Morgan fingerprint density at radius 1 is 0.879 bits per heavy atom. The summed E-state index contributed by atoms with van der Waals surface area (Å²) in [6.07, 6.45) is 13.2. The van der Waals surface area contributed by atoms with Crippen molar-refractivity contribution < 1.29 is 14.0 Å². The molecule has 2 aliphatic carbocycles. The number of carbonyl (C=O) groups excluding carboxylic acids is 2. The van der Waals surface area contributed by atoms with Gasteiger partial charge in [0, 0.05) is 37.6 Å². The van der Waals surface area contributed by atoms with Crippen LogP contribution in [0, 0.1) is 11.7 Å². The molecule has 2 amide bonds. The molecule has 1 N–H and O–H groups in total. The Balaban J connectivity index is 1.28. The molecule has 1 saturated heterocycles. The fourth-order valence-electron chi connectivity index (χ4n) is 5.80. The van der Waals surface area contributed by atoms with Gasteiger partial charge >= 0.3 is 0 Å². The number of hydrogen-bond acceptors (Lipinski definition) is 3. The molecule has 0 aromatic heterocycles. The van der Waals surface area contributed by atoms with Gasteiger partial charge in [-0.2, -0.15) is 0 Å². The molecule has 4 rings (SSSR count). The first-order valence-corrected chi connectivity index (χ1v) is 13.1. The van der Waals surface area contributed by atoms with E-state index < -0.39 is 0 Å². The monoisotopic (exact) mass is 457 g/mol. The van der Waals surface area contributed by atoms with Gasteiger partial charge in [-0.15, -0.1) is 0 Å². The van der Waals surface area contributed by atoms with Gasteiger partial charge in [0.05, 0.1) is 6.54 Å². The molecule has 182 valence electrons. The summed E-state index contributed by atoms with van der Waals surface area (Å²) in [7, 11) is 0. The zero-order chi connectivity index (χ0) is 23.0. The molecule has 1 heterocycles. The molecule has 6 heteroatoms. The van der Waals surface area contributed by atoms with Gasteiger partial charge in [0.2, 0.25) is 11.8 Å². The molecule has 3 fully saturated rings. The minimum absolute atomic E-state index is 0.177. The van der Waals surface area contributed by atoms with Crippen LogP contribution < -0.4 is 5.32 Å². The second-order valence-electron chi connectivity index (χ2n) is 10.3. The van der Waals surface area contributed by atoms with Crippen molar-refractivity contribution in [2.45, 2.75) is 95.7 Å². The van der Waals surface area contributed by atoms with Gasteiger partial charge in [-0.1, -0.05) is 50.7 Å². The Morgan fingerprint density at radius 3 is 2.12 bits per heavy atom. The lowest BCUT2D eigenvalue weighted by Gasteiger charge is -2.38. The topological polar surface area (TPSA) is 52.7 Å². The summed E-state index contributed by atoms with van der Waals surface area (Å²) in [5, 5.41) is 3.28. The van der Waals surface area contributed by atoms with Crippen LogP contribution in [-0.4, -0.2) is 53.3 Å². The summed E-state index contributed by atoms with van der Waals surface area (Å²) in [6, 6.07) is 7.05. The van der Waals surface area contributed by atoms with Crippen LogP contribution in [0.5, 0.6) is 0 Å². The quantitative estimate of drug-likeness (QED) is 0.649. The summed E-state index contributed by atoms with van der Waals surface area (Å²) >= 11 is 0. The molecule has 5 nitrogen and oxygen atoms in total. The molecule has 33 heavy (non-hydrogen) atoms. The van der Waals surface area contributed by atoms with Gasteiger partial charge in [-0.05, 0) is 56.2 Å². The van der Waals surface area contributed by atoms with Gasteiger partial charge in [0.25, 0.3) is 0 Å². The average molecular weight is 458 g/mol. The van der Waals surface area contributed by atoms with Crippen LogP contribution in [0.15, 0.2) is 24.3 Å². The van der Waals surface area contributed by atoms with Crippen LogP contribution in [0.25, 0.3) is 0 Å². The number of piperidine rings is 1. The van der Waals surface area contributed by atoms with E-state index in [2.05, 4.69) is 10.2 Å². The third-order valence-corrected chi connectivity index (χ3v) is 7.87. The second kappa shape index (κ2) is 12.0. The third-order valence-electron chi connectivity index (χ3n) is 7.87. The highest BCUT2D eigenvalue weighted by molar-refractivity contribution is 5.79. The maximum atomic E-state index is 13.4. The van der Waals surface area contributed by atoms with E-state index in [4.69, 9.17) is 0 Å². The van der Waals surface area contributed by atoms with Crippen LogP contribution >= 0.6 is 0 Å². The van der Waals surface area contributed by atoms with Gasteiger partial charge in [0.15, 0.2) is 0 Å². The van der Waals surface area contributed by atoms with Crippen molar-refractivity contribution in [2.24, 2.45) is 5.92 Å². The van der Waals surface area contributed by atoms with Crippen LogP contribution in [-0.2, 0) is 16.1 Å². The zero-order valence-corrected chi connectivity index (χ0v) is 19.9. The molecule has 0 radical (unpaired) electrons. The van der Waals surface area contributed by atoms with E-state index >= 15 is 0 Å². The number of nitrogens with zero attached hydrogens (tertiary/aromatic N) is 2. The molecule has 0 unspecified atom stereocenters. The van der Waals surface area contributed by atoms with Gasteiger partial charge in [0.1, 0.15) is 5.82 Å². The normalized spacial score (nSPS) is 21.6. The van der Waals surface area contributed by atoms with Crippen molar-refractivity contribution in [2.75, 3.05) is 19.6 Å². The third kappa shape index (κ3) is 7.02. The predicted molar refractivity (Wildman–Crippen MR) is 128 cm³/mol. The lowest BCUT2D eigenvalue weighted by atomic mass is 9.88. The number of nitrogens with one attached hydrogen (secondary N) is 1. The first kappa shape index (κ1) is 24.2. The summed E-state index contributed by atoms with van der Waals surface area (Å²) in [6.45, 7) is 2.67. The highest BCUT2D eigenvalue weighted by Crippen LogP contribution is 2.26. The Morgan fingerprint density at radius 2 is 1.48 bits per heavy atom. The van der Waals surface area contributed by atoms with Crippen molar-refractivity contribution >= 4 is 11.8 Å². The molecule has 1 aromatic rings. The smallest absolute Gasteiger partial charge is 0.237 e. The summed E-state index contributed by atoms with van der Waals surface area (Å²) in [5.41, 5.74) is 0.986. The first-order valence-electron chi connectivity index (χ1n) is 13.1. The van der Waals surface area contributed by atoms with Gasteiger partial charge in [-0.25, -0.2) is 4.39 Å². The Labute approximate surface area is 198 Å². The van der Waals surface area contributed by atoms with Crippen molar-refractivity contribution in [3.63, 3.8) is 0 Å². The lowest BCUT2D eigenvalue weighted by Crippen LogP contribution is -2.50. The molecule has 0 atom stereocenters. The Hall–Kier alpha value is -1.95. The van der Waals surface area contributed by atoms with E-state index in [1.165, 1.54) is 50.7 Å². The molecule has 0 spiro atoms. The van der Waals surface area contributed by atoms with E-state index in [0.29, 0.717) is 13.1 Å². The molecular formula is C27H40FN3O2. The van der Waals surface area contributed by atoms with Crippen LogP contribution in [0.2, 0.25) is 0 Å². The number of amides is 2. The van der Waals surface area contributed by atoms with E-state index in [1.54, 1.807) is 12.1 Å². The van der Waals surface area contributed by atoms with Gasteiger partial charge in [-0.3, -0.25) is 14.5 Å². The zero-order valence-electron chi connectivity index (χ0n) is 19.9. The molecular weight excluding hydrogens is 417 g/mol. The second-order valence-corrected chi connectivity index (χ2v) is 10.3. The Bertz CT molecular complexity index is 764. The van der Waals surface area contributed by atoms with E-state index in [-0.39, 0.29) is 35.6 Å². The van der Waals surface area contributed by atoms with E-state index in [9.17, 15) is 14.0 Å². The van der Waals surface area contributed by atoms with Crippen LogP contribution in [0.4, 0.5) is 4.39 Å². The van der Waals surface area contributed by atoms with Crippen molar-refractivity contribution in [1.29, 1.82) is 0 Å². The van der Waals surface area contributed by atoms with E-state index in [1.807, 2.05) is 4.90 Å². The van der Waals surface area contributed by atoms with Crippen molar-refractivity contribution in [3.8, 4) is 0 Å². The Kier molecular flexibility index (Phi) is 8.76. The van der Waals surface area contributed by atoms with Crippen molar-refractivity contribution in [1.82, 2.24) is 15.1 Å². The molecule has 1 aromatic carbocycles. The van der Waals surface area contributed by atoms with Crippen LogP contribution in [0.3, 0.4) is 0 Å². The molecule has 1 aliphatic heterocycles. The highest BCUT2D eigenvalue weighted by atomic mass is 19.1.